The van der Waals surface area contributed by atoms with Crippen LogP contribution in [0.25, 0.3) is 10.9 Å². The molecule has 0 bridgehead atoms. The maximum atomic E-state index is 14.1. The normalized spacial score (nSPS) is 20.5. The van der Waals surface area contributed by atoms with Crippen molar-refractivity contribution in [2.75, 3.05) is 6.61 Å². The van der Waals surface area contributed by atoms with Gasteiger partial charge in [-0.1, -0.05) is 0 Å². The van der Waals surface area contributed by atoms with E-state index in [4.69, 9.17) is 4.74 Å². The van der Waals surface area contributed by atoms with Gasteiger partial charge in [0.2, 0.25) is 0 Å². The van der Waals surface area contributed by atoms with Gasteiger partial charge in [-0.15, -0.1) is 0 Å². The predicted molar refractivity (Wildman–Crippen MR) is 78.9 cm³/mol. The first-order chi connectivity index (χ1) is 8.68. The maximum absolute atomic E-state index is 14.1. The fraction of sp³-hybridized carbons (Fsp3) is 0.417. The molecule has 0 aliphatic carbocycles. The van der Waals surface area contributed by atoms with Crippen molar-refractivity contribution >= 4 is 49.4 Å². The monoisotopic (exact) mass is 424 g/mol. The zero-order valence-corrected chi connectivity index (χ0v) is 13.2. The van der Waals surface area contributed by atoms with Gasteiger partial charge in [-0.2, -0.15) is 5.10 Å². The second-order valence-electron chi connectivity index (χ2n) is 4.31. The van der Waals surface area contributed by atoms with Crippen molar-refractivity contribution in [3.05, 3.63) is 26.1 Å². The van der Waals surface area contributed by atoms with E-state index in [-0.39, 0.29) is 12.0 Å². The van der Waals surface area contributed by atoms with Gasteiger partial charge in [0.05, 0.1) is 10.9 Å². The Balaban J connectivity index is 2.16. The Kier molecular flexibility index (Phi) is 3.59. The minimum atomic E-state index is -0.220. The Morgan fingerprint density at radius 2 is 2.28 bits per heavy atom. The lowest BCUT2D eigenvalue weighted by Gasteiger charge is -2.23. The molecule has 6 heteroatoms. The molecule has 0 spiro atoms. The predicted octanol–water partition coefficient (Wildman–Crippen LogP) is 4.24. The third-order valence-electron chi connectivity index (χ3n) is 3.15. The SMILES string of the molecule is Fc1c(I)ccc2c1c(Br)nn2C1CCCCO1. The van der Waals surface area contributed by atoms with Crippen LogP contribution in [0, 0.1) is 9.39 Å². The highest BCUT2D eigenvalue weighted by atomic mass is 127. The van der Waals surface area contributed by atoms with Crippen LogP contribution in [0.15, 0.2) is 16.7 Å². The Bertz CT molecular complexity index is 595. The smallest absolute Gasteiger partial charge is 0.150 e. The lowest BCUT2D eigenvalue weighted by molar-refractivity contribution is -0.0368. The van der Waals surface area contributed by atoms with E-state index in [9.17, 15) is 4.39 Å². The summed E-state index contributed by atoms with van der Waals surface area (Å²) in [5.41, 5.74) is 0.784. The summed E-state index contributed by atoms with van der Waals surface area (Å²) in [7, 11) is 0. The minimum Gasteiger partial charge on any atom is -0.356 e. The zero-order valence-electron chi connectivity index (χ0n) is 9.50. The number of benzene rings is 1. The molecule has 3 rings (SSSR count). The molecule has 18 heavy (non-hydrogen) atoms. The number of ether oxygens (including phenoxy) is 1. The number of hydrogen-bond acceptors (Lipinski definition) is 2. The van der Waals surface area contributed by atoms with Gasteiger partial charge in [0.15, 0.2) is 6.23 Å². The molecule has 1 aromatic carbocycles. The van der Waals surface area contributed by atoms with Crippen molar-refractivity contribution in [2.24, 2.45) is 0 Å². The largest absolute Gasteiger partial charge is 0.356 e. The van der Waals surface area contributed by atoms with Crippen molar-refractivity contribution in [3.63, 3.8) is 0 Å². The Morgan fingerprint density at radius 1 is 1.44 bits per heavy atom. The van der Waals surface area contributed by atoms with Crippen LogP contribution in [-0.2, 0) is 4.74 Å². The van der Waals surface area contributed by atoms with Gasteiger partial charge in [0.1, 0.15) is 10.4 Å². The molecule has 2 aromatic rings. The average Bonchev–Trinajstić information content (AvgIpc) is 2.73. The molecule has 96 valence electrons. The molecule has 1 aliphatic rings. The molecule has 0 N–H and O–H groups in total. The fourth-order valence-electron chi connectivity index (χ4n) is 2.26. The van der Waals surface area contributed by atoms with Crippen LogP contribution in [-0.4, -0.2) is 16.4 Å². The number of rotatable bonds is 1. The number of nitrogens with zero attached hydrogens (tertiary/aromatic N) is 2. The zero-order chi connectivity index (χ0) is 12.7. The first kappa shape index (κ1) is 12.8. The van der Waals surface area contributed by atoms with Crippen molar-refractivity contribution in [1.82, 2.24) is 9.78 Å². The van der Waals surface area contributed by atoms with Crippen LogP contribution >= 0.6 is 38.5 Å². The molecule has 2 heterocycles. The molecule has 1 saturated heterocycles. The molecule has 0 saturated carbocycles. The molecular formula is C12H11BrFIN2O. The Hall–Kier alpha value is -0.210. The lowest BCUT2D eigenvalue weighted by Crippen LogP contribution is -2.19. The van der Waals surface area contributed by atoms with Crippen LogP contribution in [0.2, 0.25) is 0 Å². The lowest BCUT2D eigenvalue weighted by atomic mass is 10.2. The van der Waals surface area contributed by atoms with Crippen molar-refractivity contribution in [2.45, 2.75) is 25.5 Å². The first-order valence-electron chi connectivity index (χ1n) is 5.82. The van der Waals surface area contributed by atoms with Crippen LogP contribution in [0.4, 0.5) is 4.39 Å². The molecule has 1 aliphatic heterocycles. The highest BCUT2D eigenvalue weighted by Crippen LogP contribution is 2.33. The van der Waals surface area contributed by atoms with Gasteiger partial charge in [0, 0.05) is 10.2 Å². The molecule has 1 fully saturated rings. The third-order valence-corrected chi connectivity index (χ3v) is 4.54. The molecule has 0 radical (unpaired) electrons. The van der Waals surface area contributed by atoms with E-state index in [0.717, 1.165) is 31.4 Å². The number of halogens is 3. The molecule has 1 unspecified atom stereocenters. The summed E-state index contributed by atoms with van der Waals surface area (Å²) < 4.78 is 22.8. The van der Waals surface area contributed by atoms with E-state index in [1.54, 1.807) is 10.7 Å². The van der Waals surface area contributed by atoms with Gasteiger partial charge in [0.25, 0.3) is 0 Å². The quantitative estimate of drug-likeness (QED) is 0.640. The van der Waals surface area contributed by atoms with Crippen molar-refractivity contribution < 1.29 is 9.13 Å². The summed E-state index contributed by atoms with van der Waals surface area (Å²) in [5.74, 6) is -0.220. The summed E-state index contributed by atoms with van der Waals surface area (Å²) in [6.07, 6.45) is 3.06. The second kappa shape index (κ2) is 5.05. The summed E-state index contributed by atoms with van der Waals surface area (Å²) in [5, 5.41) is 4.92. The fourth-order valence-corrected chi connectivity index (χ4v) is 3.26. The van der Waals surface area contributed by atoms with E-state index >= 15 is 0 Å². The van der Waals surface area contributed by atoms with Gasteiger partial charge in [-0.3, -0.25) is 0 Å². The minimum absolute atomic E-state index is 0.0768. The first-order valence-corrected chi connectivity index (χ1v) is 7.69. The van der Waals surface area contributed by atoms with Gasteiger partial charge in [-0.25, -0.2) is 9.07 Å². The van der Waals surface area contributed by atoms with Gasteiger partial charge < -0.3 is 4.74 Å². The molecule has 0 amide bonds. The summed E-state index contributed by atoms with van der Waals surface area (Å²) in [6, 6.07) is 3.67. The Labute approximate surface area is 126 Å². The van der Waals surface area contributed by atoms with Gasteiger partial charge in [-0.05, 0) is 69.9 Å². The average molecular weight is 425 g/mol. The van der Waals surface area contributed by atoms with E-state index in [1.807, 2.05) is 28.7 Å². The number of hydrogen-bond donors (Lipinski definition) is 0. The highest BCUT2D eigenvalue weighted by Gasteiger charge is 2.22. The molecule has 3 nitrogen and oxygen atoms in total. The number of fused-ring (bicyclic) bond motifs is 1. The summed E-state index contributed by atoms with van der Waals surface area (Å²) in [4.78, 5) is 0. The van der Waals surface area contributed by atoms with E-state index in [0.29, 0.717) is 13.6 Å². The standard InChI is InChI=1S/C12H11BrFIN2O/c13-12-10-8(5-4-7(15)11(10)14)17(16-12)9-3-1-2-6-18-9/h4-5,9H,1-3,6H2. The molecule has 1 atom stereocenters. The van der Waals surface area contributed by atoms with E-state index < -0.39 is 0 Å². The van der Waals surface area contributed by atoms with Crippen molar-refractivity contribution in [3.8, 4) is 0 Å². The van der Waals surface area contributed by atoms with E-state index in [1.165, 1.54) is 0 Å². The summed E-state index contributed by atoms with van der Waals surface area (Å²) >= 11 is 5.33. The van der Waals surface area contributed by atoms with Crippen LogP contribution in [0.5, 0.6) is 0 Å². The third kappa shape index (κ3) is 2.08. The van der Waals surface area contributed by atoms with Crippen LogP contribution in [0.3, 0.4) is 0 Å². The van der Waals surface area contributed by atoms with Crippen molar-refractivity contribution in [1.29, 1.82) is 0 Å². The molecular weight excluding hydrogens is 414 g/mol. The van der Waals surface area contributed by atoms with Crippen LogP contribution in [0.1, 0.15) is 25.5 Å². The van der Waals surface area contributed by atoms with Crippen LogP contribution < -0.4 is 0 Å². The summed E-state index contributed by atoms with van der Waals surface area (Å²) in [6.45, 7) is 0.747. The topological polar surface area (TPSA) is 27.1 Å². The van der Waals surface area contributed by atoms with E-state index in [2.05, 4.69) is 21.0 Å². The van der Waals surface area contributed by atoms with Gasteiger partial charge >= 0.3 is 0 Å². The molecule has 1 aromatic heterocycles. The number of aromatic nitrogens is 2. The highest BCUT2D eigenvalue weighted by molar-refractivity contribution is 14.1. The maximum Gasteiger partial charge on any atom is 0.150 e. The Morgan fingerprint density at radius 3 is 3.00 bits per heavy atom. The second-order valence-corrected chi connectivity index (χ2v) is 6.23.